The van der Waals surface area contributed by atoms with E-state index in [-0.39, 0.29) is 11.5 Å². The first-order chi connectivity index (χ1) is 10.5. The number of rotatable bonds is 4. The van der Waals surface area contributed by atoms with Crippen molar-refractivity contribution in [3.05, 3.63) is 65.2 Å². The lowest BCUT2D eigenvalue weighted by Crippen LogP contribution is -2.22. The van der Waals surface area contributed by atoms with Crippen molar-refractivity contribution < 1.29 is 18.4 Å². The summed E-state index contributed by atoms with van der Waals surface area (Å²) in [6.07, 6.45) is 0. The Balaban J connectivity index is 2.18. The molecule has 0 atom stereocenters. The van der Waals surface area contributed by atoms with E-state index in [2.05, 4.69) is 10.6 Å². The summed E-state index contributed by atoms with van der Waals surface area (Å²) in [7, 11) is 0. The van der Waals surface area contributed by atoms with Crippen LogP contribution in [0, 0.1) is 11.6 Å². The molecule has 114 valence electrons. The van der Waals surface area contributed by atoms with Gasteiger partial charge in [0.1, 0.15) is 11.6 Å². The van der Waals surface area contributed by atoms with Crippen molar-refractivity contribution in [2.24, 2.45) is 0 Å². The van der Waals surface area contributed by atoms with Gasteiger partial charge in [0, 0.05) is 23.9 Å². The van der Waals surface area contributed by atoms with Crippen molar-refractivity contribution in [3.8, 4) is 0 Å². The van der Waals surface area contributed by atoms with Gasteiger partial charge in [-0.15, -0.1) is 0 Å². The van der Waals surface area contributed by atoms with Gasteiger partial charge in [0.05, 0.1) is 5.56 Å². The number of carbonyl (C=O) groups excluding carboxylic acids is 2. The van der Waals surface area contributed by atoms with Crippen LogP contribution in [0.2, 0.25) is 0 Å². The lowest BCUT2D eigenvalue weighted by Gasteiger charge is -2.08. The normalized spacial score (nSPS) is 10.1. The van der Waals surface area contributed by atoms with Gasteiger partial charge in [-0.2, -0.15) is 0 Å². The van der Waals surface area contributed by atoms with Gasteiger partial charge in [-0.05, 0) is 37.3 Å². The number of hydrogen-bond donors (Lipinski definition) is 2. The minimum absolute atomic E-state index is 0.272. The predicted octanol–water partition coefficient (Wildman–Crippen LogP) is 2.97. The van der Waals surface area contributed by atoms with E-state index >= 15 is 0 Å². The SMILES string of the molecule is CCNC(=O)c1cccc(NC(=O)c2ccc(F)cc2F)c1. The summed E-state index contributed by atoms with van der Waals surface area (Å²) in [5.74, 6) is -2.69. The van der Waals surface area contributed by atoms with Crippen LogP contribution in [0.15, 0.2) is 42.5 Å². The van der Waals surface area contributed by atoms with E-state index < -0.39 is 17.5 Å². The quantitative estimate of drug-likeness (QED) is 0.912. The fourth-order valence-electron chi connectivity index (χ4n) is 1.87. The van der Waals surface area contributed by atoms with E-state index in [0.29, 0.717) is 23.9 Å². The zero-order chi connectivity index (χ0) is 16.1. The van der Waals surface area contributed by atoms with E-state index in [1.54, 1.807) is 25.1 Å². The molecule has 0 heterocycles. The van der Waals surface area contributed by atoms with Crippen LogP contribution in [-0.4, -0.2) is 18.4 Å². The molecule has 6 heteroatoms. The highest BCUT2D eigenvalue weighted by atomic mass is 19.1. The van der Waals surface area contributed by atoms with Gasteiger partial charge in [-0.3, -0.25) is 9.59 Å². The largest absolute Gasteiger partial charge is 0.352 e. The Hall–Kier alpha value is -2.76. The van der Waals surface area contributed by atoms with E-state index in [1.807, 2.05) is 0 Å². The molecule has 2 aromatic carbocycles. The lowest BCUT2D eigenvalue weighted by molar-refractivity contribution is 0.0954. The van der Waals surface area contributed by atoms with Crippen molar-refractivity contribution in [1.82, 2.24) is 5.32 Å². The third-order valence-electron chi connectivity index (χ3n) is 2.90. The highest BCUT2D eigenvalue weighted by Gasteiger charge is 2.13. The molecule has 0 radical (unpaired) electrons. The highest BCUT2D eigenvalue weighted by Crippen LogP contribution is 2.15. The van der Waals surface area contributed by atoms with Crippen LogP contribution in [-0.2, 0) is 0 Å². The molecule has 0 aliphatic carbocycles. The number of amides is 2. The maximum absolute atomic E-state index is 13.5. The summed E-state index contributed by atoms with van der Waals surface area (Å²) >= 11 is 0. The second-order valence-corrected chi connectivity index (χ2v) is 4.52. The average molecular weight is 304 g/mol. The summed E-state index contributed by atoms with van der Waals surface area (Å²) in [5.41, 5.74) is 0.446. The summed E-state index contributed by atoms with van der Waals surface area (Å²) in [6.45, 7) is 2.27. The zero-order valence-corrected chi connectivity index (χ0v) is 11.8. The first-order valence-corrected chi connectivity index (χ1v) is 6.66. The van der Waals surface area contributed by atoms with Crippen molar-refractivity contribution in [3.63, 3.8) is 0 Å². The van der Waals surface area contributed by atoms with Gasteiger partial charge >= 0.3 is 0 Å². The average Bonchev–Trinajstić information content (AvgIpc) is 2.47. The third-order valence-corrected chi connectivity index (χ3v) is 2.90. The standard InChI is InChI=1S/C16H14F2N2O2/c1-2-19-15(21)10-4-3-5-12(8-10)20-16(22)13-7-6-11(17)9-14(13)18/h3-9H,2H2,1H3,(H,19,21)(H,20,22). The van der Waals surface area contributed by atoms with E-state index in [4.69, 9.17) is 0 Å². The van der Waals surface area contributed by atoms with Crippen molar-refractivity contribution in [2.75, 3.05) is 11.9 Å². The molecular weight excluding hydrogens is 290 g/mol. The monoisotopic (exact) mass is 304 g/mol. The number of carbonyl (C=O) groups is 2. The van der Waals surface area contributed by atoms with Crippen molar-refractivity contribution in [1.29, 1.82) is 0 Å². The van der Waals surface area contributed by atoms with Crippen LogP contribution in [0.25, 0.3) is 0 Å². The van der Waals surface area contributed by atoms with Crippen LogP contribution in [0.1, 0.15) is 27.6 Å². The van der Waals surface area contributed by atoms with Crippen molar-refractivity contribution in [2.45, 2.75) is 6.92 Å². The Bertz CT molecular complexity index is 717. The molecule has 0 unspecified atom stereocenters. The summed E-state index contributed by atoms with van der Waals surface area (Å²) in [6, 6.07) is 8.95. The molecule has 0 saturated heterocycles. The topological polar surface area (TPSA) is 58.2 Å². The van der Waals surface area contributed by atoms with Gasteiger partial charge in [0.2, 0.25) is 0 Å². The molecule has 0 aliphatic rings. The molecule has 2 N–H and O–H groups in total. The minimum atomic E-state index is -0.947. The maximum Gasteiger partial charge on any atom is 0.258 e. The molecule has 0 aliphatic heterocycles. The fourth-order valence-corrected chi connectivity index (χ4v) is 1.87. The van der Waals surface area contributed by atoms with Gasteiger partial charge in [0.15, 0.2) is 0 Å². The lowest BCUT2D eigenvalue weighted by atomic mass is 10.1. The van der Waals surface area contributed by atoms with Crippen LogP contribution in [0.3, 0.4) is 0 Å². The first kappa shape index (κ1) is 15.6. The predicted molar refractivity (Wildman–Crippen MR) is 78.8 cm³/mol. The molecule has 0 spiro atoms. The number of halogens is 2. The second-order valence-electron chi connectivity index (χ2n) is 4.52. The van der Waals surface area contributed by atoms with Gasteiger partial charge < -0.3 is 10.6 Å². The molecule has 0 fully saturated rings. The Kier molecular flexibility index (Phi) is 4.83. The Morgan fingerprint density at radius 3 is 2.50 bits per heavy atom. The summed E-state index contributed by atoms with van der Waals surface area (Å²) in [5, 5.41) is 5.11. The van der Waals surface area contributed by atoms with E-state index in [1.165, 1.54) is 6.07 Å². The van der Waals surface area contributed by atoms with Crippen LogP contribution in [0.5, 0.6) is 0 Å². The van der Waals surface area contributed by atoms with Crippen molar-refractivity contribution >= 4 is 17.5 Å². The number of anilines is 1. The highest BCUT2D eigenvalue weighted by molar-refractivity contribution is 6.05. The number of hydrogen-bond acceptors (Lipinski definition) is 2. The van der Waals surface area contributed by atoms with E-state index in [9.17, 15) is 18.4 Å². The third kappa shape index (κ3) is 3.66. The van der Waals surface area contributed by atoms with Crippen LogP contribution < -0.4 is 10.6 Å². The van der Waals surface area contributed by atoms with Gasteiger partial charge in [-0.1, -0.05) is 6.07 Å². The molecule has 0 bridgehead atoms. The number of benzene rings is 2. The molecule has 4 nitrogen and oxygen atoms in total. The van der Waals surface area contributed by atoms with Crippen LogP contribution in [0.4, 0.5) is 14.5 Å². The summed E-state index contributed by atoms with van der Waals surface area (Å²) < 4.78 is 26.4. The van der Waals surface area contributed by atoms with Gasteiger partial charge in [-0.25, -0.2) is 8.78 Å². The Morgan fingerprint density at radius 1 is 1.05 bits per heavy atom. The Labute approximate surface area is 126 Å². The molecule has 0 saturated carbocycles. The molecule has 22 heavy (non-hydrogen) atoms. The molecule has 2 aromatic rings. The molecule has 0 aromatic heterocycles. The smallest absolute Gasteiger partial charge is 0.258 e. The minimum Gasteiger partial charge on any atom is -0.352 e. The molecule has 2 rings (SSSR count). The first-order valence-electron chi connectivity index (χ1n) is 6.66. The molecule has 2 amide bonds. The molecular formula is C16H14F2N2O2. The van der Waals surface area contributed by atoms with Gasteiger partial charge in [0.25, 0.3) is 11.8 Å². The fraction of sp³-hybridized carbons (Fsp3) is 0.125. The zero-order valence-electron chi connectivity index (χ0n) is 11.8. The van der Waals surface area contributed by atoms with E-state index in [0.717, 1.165) is 12.1 Å². The Morgan fingerprint density at radius 2 is 1.82 bits per heavy atom. The second kappa shape index (κ2) is 6.80. The maximum atomic E-state index is 13.5. The van der Waals surface area contributed by atoms with Crippen LogP contribution >= 0.6 is 0 Å². The number of nitrogens with one attached hydrogen (secondary N) is 2. The summed E-state index contributed by atoms with van der Waals surface area (Å²) in [4.78, 5) is 23.7.